The molecular weight excluding hydrogens is 384 g/mol. The maximum Gasteiger partial charge on any atom is 0.234 e. The van der Waals surface area contributed by atoms with Crippen molar-refractivity contribution in [1.82, 2.24) is 4.98 Å². The van der Waals surface area contributed by atoms with E-state index < -0.39 is 0 Å². The number of hydrogen-bond acceptors (Lipinski definition) is 5. The molecule has 5 nitrogen and oxygen atoms in total. The van der Waals surface area contributed by atoms with Gasteiger partial charge in [0.2, 0.25) is 5.91 Å². The monoisotopic (exact) mass is 410 g/mol. The average molecular weight is 411 g/mol. The Morgan fingerprint density at radius 3 is 2.59 bits per heavy atom. The Morgan fingerprint density at radius 2 is 1.90 bits per heavy atom. The smallest absolute Gasteiger partial charge is 0.234 e. The van der Waals surface area contributed by atoms with Crippen molar-refractivity contribution < 1.29 is 14.3 Å². The van der Waals surface area contributed by atoms with Crippen molar-refractivity contribution in [3.63, 3.8) is 0 Å². The van der Waals surface area contributed by atoms with E-state index in [9.17, 15) is 4.79 Å². The van der Waals surface area contributed by atoms with Crippen molar-refractivity contribution >= 4 is 34.3 Å². The van der Waals surface area contributed by atoms with Crippen LogP contribution in [0.15, 0.2) is 41.4 Å². The minimum absolute atomic E-state index is 0.108. The van der Waals surface area contributed by atoms with Gasteiger partial charge in [0.05, 0.1) is 31.2 Å². The fraction of sp³-hybridized carbons (Fsp3) is 0.304. The van der Waals surface area contributed by atoms with E-state index in [1.54, 1.807) is 32.4 Å². The molecule has 0 aliphatic rings. The summed E-state index contributed by atoms with van der Waals surface area (Å²) < 4.78 is 10.5. The Balaban J connectivity index is 1.77. The summed E-state index contributed by atoms with van der Waals surface area (Å²) in [4.78, 5) is 17.4. The third kappa shape index (κ3) is 4.82. The third-order valence-electron chi connectivity index (χ3n) is 4.70. The lowest BCUT2D eigenvalue weighted by Crippen LogP contribution is -2.15. The van der Waals surface area contributed by atoms with Crippen LogP contribution < -0.4 is 14.8 Å². The minimum Gasteiger partial charge on any atom is -0.497 e. The third-order valence-corrected chi connectivity index (χ3v) is 5.73. The van der Waals surface area contributed by atoms with Crippen molar-refractivity contribution in [1.29, 1.82) is 0 Å². The molecule has 29 heavy (non-hydrogen) atoms. The van der Waals surface area contributed by atoms with E-state index in [-0.39, 0.29) is 11.7 Å². The average Bonchev–Trinajstić information content (AvgIpc) is 2.71. The van der Waals surface area contributed by atoms with Crippen LogP contribution in [0.3, 0.4) is 0 Å². The first-order chi connectivity index (χ1) is 13.9. The van der Waals surface area contributed by atoms with Gasteiger partial charge in [0, 0.05) is 11.5 Å². The second-order valence-corrected chi connectivity index (χ2v) is 7.83. The Hall–Kier alpha value is -2.73. The van der Waals surface area contributed by atoms with Crippen LogP contribution in [0.4, 0.5) is 5.69 Å². The molecule has 0 saturated carbocycles. The zero-order chi connectivity index (χ0) is 21.0. The molecule has 0 atom stereocenters. The first kappa shape index (κ1) is 21.0. The van der Waals surface area contributed by atoms with Gasteiger partial charge in [-0.15, -0.1) is 0 Å². The molecule has 0 radical (unpaired) electrons. The summed E-state index contributed by atoms with van der Waals surface area (Å²) in [5, 5.41) is 4.96. The molecule has 1 aromatic heterocycles. The van der Waals surface area contributed by atoms with Gasteiger partial charge in [-0.2, -0.15) is 0 Å². The number of benzene rings is 2. The summed E-state index contributed by atoms with van der Waals surface area (Å²) in [5.41, 5.74) is 5.14. The minimum atomic E-state index is -0.108. The van der Waals surface area contributed by atoms with Crippen molar-refractivity contribution in [3.05, 3.63) is 53.1 Å². The molecule has 0 bridgehead atoms. The number of anilines is 1. The molecule has 2 aromatic carbocycles. The fourth-order valence-electron chi connectivity index (χ4n) is 3.28. The molecule has 3 rings (SSSR count). The molecule has 1 N–H and O–H groups in total. The van der Waals surface area contributed by atoms with Crippen LogP contribution >= 0.6 is 11.8 Å². The van der Waals surface area contributed by atoms with Crippen LogP contribution in [0.1, 0.15) is 23.6 Å². The van der Waals surface area contributed by atoms with Crippen LogP contribution in [-0.4, -0.2) is 30.9 Å². The highest BCUT2D eigenvalue weighted by Gasteiger charge is 2.13. The summed E-state index contributed by atoms with van der Waals surface area (Å²) in [7, 11) is 3.16. The maximum absolute atomic E-state index is 12.5. The van der Waals surface area contributed by atoms with Crippen LogP contribution in [0.2, 0.25) is 0 Å². The predicted molar refractivity (Wildman–Crippen MR) is 119 cm³/mol. The number of nitrogens with zero attached hydrogens (tertiary/aromatic N) is 1. The molecular formula is C23H26N2O3S. The lowest BCUT2D eigenvalue weighted by Gasteiger charge is -2.13. The molecule has 0 spiro atoms. The van der Waals surface area contributed by atoms with Crippen molar-refractivity contribution in [2.75, 3.05) is 25.3 Å². The number of aromatic nitrogens is 1. The number of fused-ring (bicyclic) bond motifs is 1. The number of aryl methyl sites for hydroxylation is 3. The predicted octanol–water partition coefficient (Wildman–Crippen LogP) is 5.16. The van der Waals surface area contributed by atoms with Crippen LogP contribution in [0.5, 0.6) is 11.5 Å². The zero-order valence-corrected chi connectivity index (χ0v) is 18.3. The number of hydrogen-bond donors (Lipinski definition) is 1. The number of carbonyl (C=O) groups is 1. The lowest BCUT2D eigenvalue weighted by molar-refractivity contribution is -0.113. The van der Waals surface area contributed by atoms with E-state index in [1.807, 2.05) is 0 Å². The Morgan fingerprint density at radius 1 is 1.10 bits per heavy atom. The Bertz CT molecular complexity index is 1050. The van der Waals surface area contributed by atoms with E-state index in [0.29, 0.717) is 17.2 Å². The topological polar surface area (TPSA) is 60.5 Å². The van der Waals surface area contributed by atoms with Gasteiger partial charge >= 0.3 is 0 Å². The van der Waals surface area contributed by atoms with Crippen LogP contribution in [-0.2, 0) is 11.2 Å². The molecule has 0 saturated heterocycles. The van der Waals surface area contributed by atoms with E-state index in [1.165, 1.54) is 17.3 Å². The van der Waals surface area contributed by atoms with Crippen molar-refractivity contribution in [3.8, 4) is 11.5 Å². The summed E-state index contributed by atoms with van der Waals surface area (Å²) in [6.07, 6.45) is 0.867. The number of methoxy groups -OCH3 is 2. The molecule has 3 aromatic rings. The second kappa shape index (κ2) is 9.18. The quantitative estimate of drug-likeness (QED) is 0.545. The molecule has 0 aliphatic heterocycles. The van der Waals surface area contributed by atoms with Gasteiger partial charge < -0.3 is 14.8 Å². The van der Waals surface area contributed by atoms with Gasteiger partial charge in [0.25, 0.3) is 0 Å². The largest absolute Gasteiger partial charge is 0.497 e. The fourth-order valence-corrected chi connectivity index (χ4v) is 4.16. The normalized spacial score (nSPS) is 10.8. The van der Waals surface area contributed by atoms with Gasteiger partial charge in [-0.05, 0) is 55.7 Å². The van der Waals surface area contributed by atoms with Gasteiger partial charge in [-0.25, -0.2) is 4.98 Å². The molecule has 1 amide bonds. The summed E-state index contributed by atoms with van der Waals surface area (Å²) >= 11 is 1.46. The van der Waals surface area contributed by atoms with E-state index >= 15 is 0 Å². The maximum atomic E-state index is 12.5. The first-order valence-corrected chi connectivity index (χ1v) is 10.5. The highest BCUT2D eigenvalue weighted by molar-refractivity contribution is 8.00. The molecule has 0 aliphatic carbocycles. The van der Waals surface area contributed by atoms with Crippen LogP contribution in [0, 0.1) is 13.8 Å². The molecule has 0 unspecified atom stereocenters. The number of carbonyl (C=O) groups excluding carboxylic acids is 1. The first-order valence-electron chi connectivity index (χ1n) is 9.50. The van der Waals surface area contributed by atoms with Gasteiger partial charge in [0.1, 0.15) is 16.5 Å². The lowest BCUT2D eigenvalue weighted by atomic mass is 10.0. The van der Waals surface area contributed by atoms with E-state index in [4.69, 9.17) is 14.5 Å². The molecule has 0 fully saturated rings. The highest BCUT2D eigenvalue weighted by Crippen LogP contribution is 2.30. The van der Waals surface area contributed by atoms with Gasteiger partial charge in [-0.3, -0.25) is 4.79 Å². The summed E-state index contributed by atoms with van der Waals surface area (Å²) in [6, 6.07) is 11.8. The number of ether oxygens (including phenoxy) is 2. The summed E-state index contributed by atoms with van der Waals surface area (Å²) in [6.45, 7) is 6.28. The number of amides is 1. The SMILES string of the molecule is CCc1cc2cc(C)cc(C)c2nc1SCC(=O)Nc1ccc(OC)cc1OC. The second-order valence-electron chi connectivity index (χ2n) is 6.86. The summed E-state index contributed by atoms with van der Waals surface area (Å²) in [5.74, 6) is 1.40. The zero-order valence-electron chi connectivity index (χ0n) is 17.5. The number of nitrogens with one attached hydrogen (secondary N) is 1. The van der Waals surface area contributed by atoms with Gasteiger partial charge in [0.15, 0.2) is 0 Å². The number of thioether (sulfide) groups is 1. The van der Waals surface area contributed by atoms with E-state index in [2.05, 4.69) is 44.3 Å². The van der Waals surface area contributed by atoms with Crippen molar-refractivity contribution in [2.45, 2.75) is 32.2 Å². The van der Waals surface area contributed by atoms with Crippen LogP contribution in [0.25, 0.3) is 10.9 Å². The standard InChI is InChI=1S/C23H26N2O3S/c1-6-16-11-17-10-14(2)9-15(3)22(17)25-23(16)29-13-21(26)24-19-8-7-18(27-4)12-20(19)28-5/h7-12H,6,13H2,1-5H3,(H,24,26). The Kier molecular flexibility index (Phi) is 6.64. The molecule has 152 valence electrons. The van der Waals surface area contributed by atoms with Crippen molar-refractivity contribution in [2.24, 2.45) is 0 Å². The van der Waals surface area contributed by atoms with Gasteiger partial charge in [-0.1, -0.05) is 30.3 Å². The van der Waals surface area contributed by atoms with E-state index in [0.717, 1.165) is 33.5 Å². The molecule has 6 heteroatoms. The Labute approximate surface area is 175 Å². The highest BCUT2D eigenvalue weighted by atomic mass is 32.2. The number of pyridine rings is 1. The molecule has 1 heterocycles. The number of rotatable bonds is 7.